The van der Waals surface area contributed by atoms with Crippen LogP contribution in [0, 0.1) is 6.92 Å². The molecule has 0 spiro atoms. The summed E-state index contributed by atoms with van der Waals surface area (Å²) in [5.74, 6) is -0.410. The average Bonchev–Trinajstić information content (AvgIpc) is 2.94. The molecule has 8 heteroatoms. The highest BCUT2D eigenvalue weighted by molar-refractivity contribution is 7.92. The van der Waals surface area contributed by atoms with E-state index >= 15 is 0 Å². The Bertz CT molecular complexity index is 1360. The van der Waals surface area contributed by atoms with E-state index in [0.717, 1.165) is 21.0 Å². The van der Waals surface area contributed by atoms with Crippen LogP contribution in [0.15, 0.2) is 83.8 Å². The first-order valence-electron chi connectivity index (χ1n) is 13.9. The molecule has 3 aromatic rings. The van der Waals surface area contributed by atoms with Crippen LogP contribution in [0.1, 0.15) is 56.7 Å². The maximum atomic E-state index is 14.0. The Morgan fingerprint density at radius 2 is 1.50 bits per heavy atom. The fourth-order valence-corrected chi connectivity index (χ4v) is 5.99. The molecule has 0 bridgehead atoms. The molecule has 1 atom stereocenters. The minimum absolute atomic E-state index is 0.102. The first kappa shape index (κ1) is 30.9. The molecular weight excluding hydrogens is 522 g/mol. The molecule has 1 N–H and O–H groups in total. The molecule has 0 fully saturated rings. The maximum absolute atomic E-state index is 14.0. The van der Waals surface area contributed by atoms with Crippen LogP contribution in [-0.4, -0.2) is 50.8 Å². The third kappa shape index (κ3) is 7.72. The lowest BCUT2D eigenvalue weighted by Gasteiger charge is -2.33. The second-order valence-electron chi connectivity index (χ2n) is 10.2. The quantitative estimate of drug-likeness (QED) is 0.306. The van der Waals surface area contributed by atoms with E-state index in [1.807, 2.05) is 63.2 Å². The summed E-state index contributed by atoms with van der Waals surface area (Å²) >= 11 is 0. The van der Waals surface area contributed by atoms with E-state index < -0.39 is 28.5 Å². The fourth-order valence-electron chi connectivity index (χ4n) is 4.58. The Labute approximate surface area is 239 Å². The minimum Gasteiger partial charge on any atom is -0.355 e. The van der Waals surface area contributed by atoms with Crippen molar-refractivity contribution in [2.45, 2.75) is 64.3 Å². The number of carbonyl (C=O) groups is 2. The van der Waals surface area contributed by atoms with Gasteiger partial charge in [0.1, 0.15) is 12.6 Å². The van der Waals surface area contributed by atoms with Crippen molar-refractivity contribution < 1.29 is 18.0 Å². The van der Waals surface area contributed by atoms with Crippen LogP contribution in [0.5, 0.6) is 0 Å². The summed E-state index contributed by atoms with van der Waals surface area (Å²) in [5.41, 5.74) is 3.42. The Morgan fingerprint density at radius 1 is 0.875 bits per heavy atom. The molecule has 0 aliphatic rings. The molecule has 3 aromatic carbocycles. The molecule has 0 saturated carbocycles. The summed E-state index contributed by atoms with van der Waals surface area (Å²) in [6, 6.07) is 22.9. The van der Waals surface area contributed by atoms with Crippen molar-refractivity contribution in [3.63, 3.8) is 0 Å². The Balaban J connectivity index is 2.02. The Hall–Kier alpha value is -3.65. The predicted octanol–water partition coefficient (Wildman–Crippen LogP) is 5.30. The normalized spacial score (nSPS) is 12.2. The molecule has 214 valence electrons. The van der Waals surface area contributed by atoms with Crippen molar-refractivity contribution in [2.24, 2.45) is 0 Å². The first-order valence-corrected chi connectivity index (χ1v) is 15.3. The molecular formula is C32H41N3O4S. The van der Waals surface area contributed by atoms with Gasteiger partial charge in [0.05, 0.1) is 10.6 Å². The number of nitrogens with one attached hydrogen (secondary N) is 1. The van der Waals surface area contributed by atoms with Gasteiger partial charge in [-0.3, -0.25) is 13.9 Å². The molecule has 3 rings (SSSR count). The lowest BCUT2D eigenvalue weighted by Crippen LogP contribution is -2.53. The summed E-state index contributed by atoms with van der Waals surface area (Å²) < 4.78 is 29.1. The smallest absolute Gasteiger partial charge is 0.264 e. The topological polar surface area (TPSA) is 86.8 Å². The second kappa shape index (κ2) is 14.1. The third-order valence-corrected chi connectivity index (χ3v) is 8.74. The van der Waals surface area contributed by atoms with Crippen molar-refractivity contribution in [3.8, 4) is 0 Å². The van der Waals surface area contributed by atoms with Gasteiger partial charge in [0.15, 0.2) is 0 Å². The molecule has 7 nitrogen and oxygen atoms in total. The number of benzene rings is 3. The van der Waals surface area contributed by atoms with Gasteiger partial charge in [0.2, 0.25) is 11.8 Å². The first-order chi connectivity index (χ1) is 19.1. The van der Waals surface area contributed by atoms with Gasteiger partial charge in [0, 0.05) is 13.1 Å². The Morgan fingerprint density at radius 3 is 2.05 bits per heavy atom. The molecule has 0 saturated heterocycles. The predicted molar refractivity (Wildman–Crippen MR) is 161 cm³/mol. The van der Waals surface area contributed by atoms with E-state index in [1.54, 1.807) is 36.4 Å². The lowest BCUT2D eigenvalue weighted by atomic mass is 10.0. The molecule has 0 aliphatic carbocycles. The summed E-state index contributed by atoms with van der Waals surface area (Å²) in [4.78, 5) is 28.6. The fraction of sp³-hybridized carbons (Fsp3) is 0.375. The van der Waals surface area contributed by atoms with Crippen LogP contribution in [0.3, 0.4) is 0 Å². The van der Waals surface area contributed by atoms with Crippen LogP contribution in [0.25, 0.3) is 0 Å². The van der Waals surface area contributed by atoms with Crippen molar-refractivity contribution >= 4 is 27.5 Å². The number of hydrogen-bond donors (Lipinski definition) is 1. The zero-order chi connectivity index (χ0) is 29.3. The molecule has 40 heavy (non-hydrogen) atoms. The number of aryl methyl sites for hydroxylation is 1. The van der Waals surface area contributed by atoms with Crippen molar-refractivity contribution in [3.05, 3.63) is 95.6 Å². The van der Waals surface area contributed by atoms with Gasteiger partial charge in [-0.05, 0) is 68.0 Å². The highest BCUT2D eigenvalue weighted by atomic mass is 32.2. The highest BCUT2D eigenvalue weighted by Crippen LogP contribution is 2.27. The van der Waals surface area contributed by atoms with Gasteiger partial charge in [-0.25, -0.2) is 8.42 Å². The number of rotatable bonds is 13. The number of likely N-dealkylation sites (N-methyl/N-ethyl adjacent to an activating group) is 1. The third-order valence-electron chi connectivity index (χ3n) is 6.96. The van der Waals surface area contributed by atoms with Gasteiger partial charge >= 0.3 is 0 Å². The zero-order valence-electron chi connectivity index (χ0n) is 24.1. The standard InChI is InChI=1S/C32H41N3O4S/c1-6-30(32(37)33-7-2)34(22-21-26-11-9-8-10-12-26)31(36)23-35(28-17-15-27(16-18-28)24(3)4)40(38,39)29-19-13-25(5)14-20-29/h8-20,24,30H,6-7,21-23H2,1-5H3,(H,33,37)/t30-/m0/s1. The second-order valence-corrected chi connectivity index (χ2v) is 12.1. The van der Waals surface area contributed by atoms with Crippen LogP contribution in [-0.2, 0) is 26.0 Å². The summed E-state index contributed by atoms with van der Waals surface area (Å²) in [5, 5.41) is 2.83. The zero-order valence-corrected chi connectivity index (χ0v) is 24.9. The minimum atomic E-state index is -4.08. The lowest BCUT2D eigenvalue weighted by molar-refractivity contribution is -0.139. The number of hydrogen-bond acceptors (Lipinski definition) is 4. The van der Waals surface area contributed by atoms with Crippen LogP contribution < -0.4 is 9.62 Å². The highest BCUT2D eigenvalue weighted by Gasteiger charge is 2.33. The molecule has 0 heterocycles. The van der Waals surface area contributed by atoms with E-state index in [2.05, 4.69) is 19.2 Å². The van der Waals surface area contributed by atoms with Crippen molar-refractivity contribution in [1.29, 1.82) is 0 Å². The van der Waals surface area contributed by atoms with E-state index in [4.69, 9.17) is 0 Å². The number of amides is 2. The molecule has 0 unspecified atom stereocenters. The summed E-state index contributed by atoms with van der Waals surface area (Å²) in [6.07, 6.45) is 0.941. The maximum Gasteiger partial charge on any atom is 0.264 e. The SMILES string of the molecule is CCNC(=O)[C@H](CC)N(CCc1ccccc1)C(=O)CN(c1ccc(C(C)C)cc1)S(=O)(=O)c1ccc(C)cc1. The summed E-state index contributed by atoms with van der Waals surface area (Å²) in [7, 11) is -4.08. The molecule has 0 radical (unpaired) electrons. The molecule has 0 aliphatic heterocycles. The van der Waals surface area contributed by atoms with Crippen molar-refractivity contribution in [1.82, 2.24) is 10.2 Å². The van der Waals surface area contributed by atoms with Gasteiger partial charge in [-0.15, -0.1) is 0 Å². The van der Waals surface area contributed by atoms with Gasteiger partial charge < -0.3 is 10.2 Å². The van der Waals surface area contributed by atoms with E-state index in [-0.39, 0.29) is 23.3 Å². The summed E-state index contributed by atoms with van der Waals surface area (Å²) in [6.45, 7) is 9.99. The molecule has 0 aromatic heterocycles. The molecule has 2 amide bonds. The van der Waals surface area contributed by atoms with Gasteiger partial charge in [0.25, 0.3) is 10.0 Å². The van der Waals surface area contributed by atoms with E-state index in [9.17, 15) is 18.0 Å². The number of sulfonamides is 1. The number of nitrogens with zero attached hydrogens (tertiary/aromatic N) is 2. The van der Waals surface area contributed by atoms with Crippen LogP contribution in [0.2, 0.25) is 0 Å². The van der Waals surface area contributed by atoms with E-state index in [1.165, 1.54) is 4.90 Å². The Kier molecular flexibility index (Phi) is 10.9. The number of carbonyl (C=O) groups excluding carboxylic acids is 2. The van der Waals surface area contributed by atoms with E-state index in [0.29, 0.717) is 25.1 Å². The van der Waals surface area contributed by atoms with Crippen LogP contribution in [0.4, 0.5) is 5.69 Å². The van der Waals surface area contributed by atoms with Crippen molar-refractivity contribution in [2.75, 3.05) is 23.9 Å². The number of anilines is 1. The monoisotopic (exact) mass is 563 g/mol. The van der Waals surface area contributed by atoms with Crippen LogP contribution >= 0.6 is 0 Å². The average molecular weight is 564 g/mol. The van der Waals surface area contributed by atoms with Gasteiger partial charge in [-0.2, -0.15) is 0 Å². The van der Waals surface area contributed by atoms with Gasteiger partial charge in [-0.1, -0.05) is 80.9 Å². The largest absolute Gasteiger partial charge is 0.355 e.